The minimum Gasteiger partial charge on any atom is -0.481 e. The van der Waals surface area contributed by atoms with Crippen LogP contribution < -0.4 is 10.6 Å². The largest absolute Gasteiger partial charge is 0.481 e. The third kappa shape index (κ3) is 7.90. The SMILES string of the molecule is CSCCCCNC(=O)NCC(C)(C)C(=O)O. The molecule has 0 spiro atoms. The Labute approximate surface area is 107 Å². The Bertz CT molecular complexity index is 257. The average molecular weight is 262 g/mol. The van der Waals surface area contributed by atoms with E-state index >= 15 is 0 Å². The molecule has 2 amide bonds. The Kier molecular flexibility index (Phi) is 7.78. The minimum absolute atomic E-state index is 0.124. The van der Waals surface area contributed by atoms with Gasteiger partial charge in [-0.05, 0) is 38.7 Å². The van der Waals surface area contributed by atoms with Crippen molar-refractivity contribution in [3.8, 4) is 0 Å². The molecule has 0 bridgehead atoms. The first-order valence-corrected chi connectivity index (χ1v) is 7.03. The highest BCUT2D eigenvalue weighted by Crippen LogP contribution is 2.12. The molecule has 0 fully saturated rings. The summed E-state index contributed by atoms with van der Waals surface area (Å²) in [5.41, 5.74) is -0.934. The zero-order valence-corrected chi connectivity index (χ0v) is 11.5. The molecule has 0 unspecified atom stereocenters. The fraction of sp³-hybridized carbons (Fsp3) is 0.818. The van der Waals surface area contributed by atoms with Gasteiger partial charge < -0.3 is 15.7 Å². The van der Waals surface area contributed by atoms with Gasteiger partial charge in [0.2, 0.25) is 0 Å². The van der Waals surface area contributed by atoms with Crippen LogP contribution in [0.2, 0.25) is 0 Å². The maximum atomic E-state index is 11.3. The Morgan fingerprint density at radius 3 is 2.41 bits per heavy atom. The van der Waals surface area contributed by atoms with E-state index < -0.39 is 11.4 Å². The van der Waals surface area contributed by atoms with Gasteiger partial charge in [0.25, 0.3) is 0 Å². The van der Waals surface area contributed by atoms with E-state index in [4.69, 9.17) is 5.11 Å². The Balaban J connectivity index is 3.63. The van der Waals surface area contributed by atoms with Gasteiger partial charge in [-0.1, -0.05) is 0 Å². The maximum absolute atomic E-state index is 11.3. The molecule has 0 heterocycles. The molecule has 0 aromatic heterocycles. The Morgan fingerprint density at radius 1 is 1.24 bits per heavy atom. The van der Waals surface area contributed by atoms with E-state index in [0.717, 1.165) is 18.6 Å². The number of carbonyl (C=O) groups is 2. The van der Waals surface area contributed by atoms with Crippen molar-refractivity contribution in [3.63, 3.8) is 0 Å². The van der Waals surface area contributed by atoms with Crippen LogP contribution in [0.1, 0.15) is 26.7 Å². The van der Waals surface area contributed by atoms with Crippen LogP contribution in [0.15, 0.2) is 0 Å². The van der Waals surface area contributed by atoms with Crippen LogP contribution >= 0.6 is 11.8 Å². The molecule has 0 aliphatic heterocycles. The number of carbonyl (C=O) groups excluding carboxylic acids is 1. The summed E-state index contributed by atoms with van der Waals surface area (Å²) < 4.78 is 0. The lowest BCUT2D eigenvalue weighted by molar-refractivity contribution is -0.146. The third-order valence-corrected chi connectivity index (χ3v) is 3.03. The number of urea groups is 1. The van der Waals surface area contributed by atoms with E-state index in [2.05, 4.69) is 10.6 Å². The monoisotopic (exact) mass is 262 g/mol. The molecule has 3 N–H and O–H groups in total. The smallest absolute Gasteiger partial charge is 0.314 e. The van der Waals surface area contributed by atoms with E-state index in [9.17, 15) is 9.59 Å². The maximum Gasteiger partial charge on any atom is 0.314 e. The topological polar surface area (TPSA) is 78.4 Å². The van der Waals surface area contributed by atoms with Crippen molar-refractivity contribution in [3.05, 3.63) is 0 Å². The average Bonchev–Trinajstić information content (AvgIpc) is 2.26. The lowest BCUT2D eigenvalue weighted by Crippen LogP contribution is -2.43. The Hall–Kier alpha value is -0.910. The first-order chi connectivity index (χ1) is 7.90. The van der Waals surface area contributed by atoms with Gasteiger partial charge >= 0.3 is 12.0 Å². The number of amides is 2. The van der Waals surface area contributed by atoms with Crippen molar-refractivity contribution in [2.45, 2.75) is 26.7 Å². The molecule has 0 atom stereocenters. The second kappa shape index (κ2) is 8.22. The van der Waals surface area contributed by atoms with Gasteiger partial charge in [0, 0.05) is 13.1 Å². The van der Waals surface area contributed by atoms with E-state index in [1.54, 1.807) is 25.6 Å². The summed E-state index contributed by atoms with van der Waals surface area (Å²) in [5, 5.41) is 14.1. The lowest BCUT2D eigenvalue weighted by Gasteiger charge is -2.19. The molecule has 0 radical (unpaired) electrons. The number of carboxylic acid groups (broad SMARTS) is 1. The van der Waals surface area contributed by atoms with Crippen LogP contribution in [0.25, 0.3) is 0 Å². The standard InChI is InChI=1S/C11H22N2O3S/c1-11(2,9(14)15)8-13-10(16)12-6-4-5-7-17-3/h4-8H2,1-3H3,(H,14,15)(H2,12,13,16). The van der Waals surface area contributed by atoms with Gasteiger partial charge in [-0.2, -0.15) is 11.8 Å². The molecule has 100 valence electrons. The summed E-state index contributed by atoms with van der Waals surface area (Å²) >= 11 is 1.78. The molecule has 0 saturated heterocycles. The molecule has 17 heavy (non-hydrogen) atoms. The summed E-state index contributed by atoms with van der Waals surface area (Å²) in [4.78, 5) is 22.1. The number of nitrogens with one attached hydrogen (secondary N) is 2. The summed E-state index contributed by atoms with van der Waals surface area (Å²) in [6.07, 6.45) is 4.06. The Morgan fingerprint density at radius 2 is 1.88 bits per heavy atom. The first-order valence-electron chi connectivity index (χ1n) is 5.64. The number of rotatable bonds is 8. The predicted molar refractivity (Wildman–Crippen MR) is 70.4 cm³/mol. The van der Waals surface area contributed by atoms with Gasteiger partial charge in [-0.3, -0.25) is 4.79 Å². The second-order valence-corrected chi connectivity index (χ2v) is 5.48. The highest BCUT2D eigenvalue weighted by atomic mass is 32.2. The lowest BCUT2D eigenvalue weighted by atomic mass is 9.94. The van der Waals surface area contributed by atoms with Crippen LogP contribution in [0, 0.1) is 5.41 Å². The van der Waals surface area contributed by atoms with Crippen LogP contribution in [0.5, 0.6) is 0 Å². The summed E-state index contributed by atoms with van der Waals surface area (Å²) in [7, 11) is 0. The fourth-order valence-corrected chi connectivity index (χ4v) is 1.51. The van der Waals surface area contributed by atoms with Crippen LogP contribution in [-0.4, -0.2) is 42.2 Å². The van der Waals surface area contributed by atoms with E-state index in [1.807, 2.05) is 6.26 Å². The predicted octanol–water partition coefficient (Wildman–Crippen LogP) is 1.54. The fourth-order valence-electron chi connectivity index (χ4n) is 1.01. The van der Waals surface area contributed by atoms with E-state index in [0.29, 0.717) is 6.54 Å². The van der Waals surface area contributed by atoms with E-state index in [-0.39, 0.29) is 12.6 Å². The van der Waals surface area contributed by atoms with Crippen LogP contribution in [-0.2, 0) is 4.79 Å². The van der Waals surface area contributed by atoms with Gasteiger partial charge in [-0.15, -0.1) is 0 Å². The second-order valence-electron chi connectivity index (χ2n) is 4.50. The van der Waals surface area contributed by atoms with Crippen molar-refractivity contribution in [1.82, 2.24) is 10.6 Å². The highest BCUT2D eigenvalue weighted by Gasteiger charge is 2.27. The molecule has 0 rings (SSSR count). The number of hydrogen-bond donors (Lipinski definition) is 3. The first kappa shape index (κ1) is 16.1. The minimum atomic E-state index is -0.934. The van der Waals surface area contributed by atoms with Crippen molar-refractivity contribution >= 4 is 23.8 Å². The molecule has 0 aliphatic carbocycles. The van der Waals surface area contributed by atoms with Crippen molar-refractivity contribution in [1.29, 1.82) is 0 Å². The molecule has 0 saturated carbocycles. The molecular weight excluding hydrogens is 240 g/mol. The number of hydrogen-bond acceptors (Lipinski definition) is 3. The highest BCUT2D eigenvalue weighted by molar-refractivity contribution is 7.98. The zero-order chi connectivity index (χ0) is 13.3. The van der Waals surface area contributed by atoms with Crippen LogP contribution in [0.4, 0.5) is 4.79 Å². The van der Waals surface area contributed by atoms with Gasteiger partial charge in [0.15, 0.2) is 0 Å². The molecule has 0 aliphatic rings. The van der Waals surface area contributed by atoms with Crippen molar-refractivity contribution in [2.75, 3.05) is 25.1 Å². The van der Waals surface area contributed by atoms with E-state index in [1.165, 1.54) is 0 Å². The molecular formula is C11H22N2O3S. The zero-order valence-electron chi connectivity index (χ0n) is 10.7. The summed E-state index contributed by atoms with van der Waals surface area (Å²) in [6.45, 7) is 3.90. The van der Waals surface area contributed by atoms with Gasteiger partial charge in [-0.25, -0.2) is 4.79 Å². The molecule has 5 nitrogen and oxygen atoms in total. The molecule has 0 aromatic rings. The summed E-state index contributed by atoms with van der Waals surface area (Å²) in [6, 6.07) is -0.302. The normalized spacial score (nSPS) is 11.0. The number of aliphatic carboxylic acids is 1. The van der Waals surface area contributed by atoms with Crippen LogP contribution in [0.3, 0.4) is 0 Å². The molecule has 6 heteroatoms. The van der Waals surface area contributed by atoms with Gasteiger partial charge in [0.1, 0.15) is 0 Å². The third-order valence-electron chi connectivity index (χ3n) is 2.33. The molecule has 0 aromatic carbocycles. The number of thioether (sulfide) groups is 1. The summed E-state index contributed by atoms with van der Waals surface area (Å²) in [5.74, 6) is 0.174. The number of carboxylic acids is 1. The quantitative estimate of drug-likeness (QED) is 0.580. The van der Waals surface area contributed by atoms with Gasteiger partial charge in [0.05, 0.1) is 5.41 Å². The van der Waals surface area contributed by atoms with Crippen molar-refractivity contribution in [2.24, 2.45) is 5.41 Å². The van der Waals surface area contributed by atoms with Crippen molar-refractivity contribution < 1.29 is 14.7 Å². The number of unbranched alkanes of at least 4 members (excludes halogenated alkanes) is 1.